The van der Waals surface area contributed by atoms with Crippen LogP contribution in [-0.4, -0.2) is 5.38 Å². The van der Waals surface area contributed by atoms with Gasteiger partial charge in [0.2, 0.25) is 0 Å². The molecule has 0 aliphatic heterocycles. The molecule has 0 nitrogen and oxygen atoms in total. The lowest BCUT2D eigenvalue weighted by Crippen LogP contribution is -1.99. The first-order valence-electron chi connectivity index (χ1n) is 4.90. The maximum atomic E-state index is 6.16. The number of fused-ring (bicyclic) bond motifs is 1. The zero-order valence-electron chi connectivity index (χ0n) is 8.16. The van der Waals surface area contributed by atoms with Crippen molar-refractivity contribution in [2.75, 3.05) is 0 Å². The van der Waals surface area contributed by atoms with Gasteiger partial charge in [0.15, 0.2) is 0 Å². The van der Waals surface area contributed by atoms with E-state index in [1.54, 1.807) is 0 Å². The normalized spacial score (nSPS) is 13.3. The summed E-state index contributed by atoms with van der Waals surface area (Å²) in [5.74, 6) is 0. The predicted octanol–water partition coefficient (Wildman–Crippen LogP) is 4.46. The van der Waals surface area contributed by atoms with E-state index in [2.05, 4.69) is 36.6 Å². The second-order valence-corrected chi connectivity index (χ2v) is 5.00. The lowest BCUT2D eigenvalue weighted by Gasteiger charge is -2.04. The molecule has 0 spiro atoms. The molecule has 2 aromatic rings. The minimum absolute atomic E-state index is 0.271. The molecule has 2 heteroatoms. The molecule has 14 heavy (non-hydrogen) atoms. The fraction of sp³-hybridized carbons (Fsp3) is 0.333. The number of hydrogen-bond acceptors (Lipinski definition) is 1. The van der Waals surface area contributed by atoms with Crippen molar-refractivity contribution in [3.8, 4) is 0 Å². The fourth-order valence-corrected chi connectivity index (χ4v) is 2.72. The molecule has 0 bridgehead atoms. The average molecular weight is 225 g/mol. The average Bonchev–Trinajstić information content (AvgIpc) is 2.62. The van der Waals surface area contributed by atoms with Gasteiger partial charge in [-0.25, -0.2) is 0 Å². The highest BCUT2D eigenvalue weighted by atomic mass is 35.5. The number of halogens is 1. The maximum absolute atomic E-state index is 6.16. The van der Waals surface area contributed by atoms with Gasteiger partial charge >= 0.3 is 0 Å². The second kappa shape index (κ2) is 4.33. The fourth-order valence-electron chi connectivity index (χ4n) is 1.57. The van der Waals surface area contributed by atoms with Crippen LogP contribution in [0, 0.1) is 0 Å². The Morgan fingerprint density at radius 2 is 2.14 bits per heavy atom. The standard InChI is InChI=1S/C12H13ClS/c1-2-10(13)7-9-8-14-12-6-4-3-5-11(9)12/h3-6,8,10H,2,7H2,1H3. The summed E-state index contributed by atoms with van der Waals surface area (Å²) in [5.41, 5.74) is 1.40. The van der Waals surface area contributed by atoms with Crippen LogP contribution in [0.5, 0.6) is 0 Å². The summed E-state index contributed by atoms with van der Waals surface area (Å²) in [6.45, 7) is 2.13. The third-order valence-corrected chi connectivity index (χ3v) is 3.92. The first kappa shape index (κ1) is 10.0. The van der Waals surface area contributed by atoms with Gasteiger partial charge in [0.1, 0.15) is 0 Å². The van der Waals surface area contributed by atoms with Crippen LogP contribution in [-0.2, 0) is 6.42 Å². The molecule has 0 aliphatic rings. The number of thiophene rings is 1. The van der Waals surface area contributed by atoms with E-state index in [0.29, 0.717) is 0 Å². The van der Waals surface area contributed by atoms with Crippen LogP contribution in [0.25, 0.3) is 10.1 Å². The Labute approximate surface area is 93.5 Å². The van der Waals surface area contributed by atoms with Gasteiger partial charge in [0.05, 0.1) is 0 Å². The van der Waals surface area contributed by atoms with Gasteiger partial charge in [-0.1, -0.05) is 25.1 Å². The summed E-state index contributed by atoms with van der Waals surface area (Å²) in [6, 6.07) is 8.52. The molecule has 0 radical (unpaired) electrons. The van der Waals surface area contributed by atoms with Crippen molar-refractivity contribution in [3.05, 3.63) is 35.2 Å². The zero-order chi connectivity index (χ0) is 9.97. The second-order valence-electron chi connectivity index (χ2n) is 3.47. The predicted molar refractivity (Wildman–Crippen MR) is 65.5 cm³/mol. The largest absolute Gasteiger partial charge is 0.144 e. The molecule has 1 heterocycles. The Hall–Kier alpha value is -0.530. The molecule has 1 aromatic heterocycles. The molecule has 1 unspecified atom stereocenters. The minimum atomic E-state index is 0.271. The Bertz CT molecular complexity index is 419. The van der Waals surface area contributed by atoms with E-state index in [9.17, 15) is 0 Å². The Kier molecular flexibility index (Phi) is 3.09. The van der Waals surface area contributed by atoms with Crippen LogP contribution >= 0.6 is 22.9 Å². The van der Waals surface area contributed by atoms with E-state index in [4.69, 9.17) is 11.6 Å². The van der Waals surface area contributed by atoms with Gasteiger partial charge in [-0.3, -0.25) is 0 Å². The van der Waals surface area contributed by atoms with Crippen LogP contribution in [0.15, 0.2) is 29.6 Å². The van der Waals surface area contributed by atoms with Gasteiger partial charge in [-0.15, -0.1) is 22.9 Å². The van der Waals surface area contributed by atoms with Crippen molar-refractivity contribution >= 4 is 33.0 Å². The number of rotatable bonds is 3. The molecule has 1 atom stereocenters. The van der Waals surface area contributed by atoms with Gasteiger partial charge in [0, 0.05) is 10.1 Å². The van der Waals surface area contributed by atoms with Crippen molar-refractivity contribution in [3.63, 3.8) is 0 Å². The summed E-state index contributed by atoms with van der Waals surface area (Å²) in [5, 5.41) is 3.88. The van der Waals surface area contributed by atoms with Crippen LogP contribution in [0.2, 0.25) is 0 Å². The van der Waals surface area contributed by atoms with Gasteiger partial charge in [0.25, 0.3) is 0 Å². The summed E-state index contributed by atoms with van der Waals surface area (Å²) < 4.78 is 1.36. The topological polar surface area (TPSA) is 0 Å². The first-order chi connectivity index (χ1) is 6.81. The lowest BCUT2D eigenvalue weighted by molar-refractivity contribution is 0.811. The summed E-state index contributed by atoms with van der Waals surface area (Å²) in [6.07, 6.45) is 2.02. The molecule has 0 fully saturated rings. The van der Waals surface area contributed by atoms with E-state index in [1.807, 2.05) is 11.3 Å². The summed E-state index contributed by atoms with van der Waals surface area (Å²) in [7, 11) is 0. The van der Waals surface area contributed by atoms with Crippen molar-refractivity contribution in [1.82, 2.24) is 0 Å². The van der Waals surface area contributed by atoms with E-state index >= 15 is 0 Å². The summed E-state index contributed by atoms with van der Waals surface area (Å²) in [4.78, 5) is 0. The molecular formula is C12H13ClS. The molecule has 0 amide bonds. The monoisotopic (exact) mass is 224 g/mol. The van der Waals surface area contributed by atoms with Gasteiger partial charge in [-0.05, 0) is 35.2 Å². The highest BCUT2D eigenvalue weighted by Gasteiger charge is 2.07. The molecule has 0 saturated carbocycles. The number of hydrogen-bond donors (Lipinski definition) is 0. The van der Waals surface area contributed by atoms with E-state index in [0.717, 1.165) is 12.8 Å². The lowest BCUT2D eigenvalue weighted by atomic mass is 10.1. The number of alkyl halides is 1. The van der Waals surface area contributed by atoms with Crippen molar-refractivity contribution in [2.45, 2.75) is 25.1 Å². The first-order valence-corrected chi connectivity index (χ1v) is 6.22. The van der Waals surface area contributed by atoms with Crippen molar-refractivity contribution < 1.29 is 0 Å². The molecule has 2 rings (SSSR count). The highest BCUT2D eigenvalue weighted by molar-refractivity contribution is 7.17. The van der Waals surface area contributed by atoms with E-state index < -0.39 is 0 Å². The van der Waals surface area contributed by atoms with E-state index in [-0.39, 0.29) is 5.38 Å². The molecular weight excluding hydrogens is 212 g/mol. The third kappa shape index (κ3) is 1.94. The van der Waals surface area contributed by atoms with Crippen LogP contribution in [0.4, 0.5) is 0 Å². The van der Waals surface area contributed by atoms with Crippen LogP contribution in [0.3, 0.4) is 0 Å². The molecule has 0 saturated heterocycles. The van der Waals surface area contributed by atoms with Crippen LogP contribution < -0.4 is 0 Å². The zero-order valence-corrected chi connectivity index (χ0v) is 9.74. The third-order valence-electron chi connectivity index (χ3n) is 2.45. The Balaban J connectivity index is 2.33. The quantitative estimate of drug-likeness (QED) is 0.676. The van der Waals surface area contributed by atoms with E-state index in [1.165, 1.54) is 15.6 Å². The summed E-state index contributed by atoms with van der Waals surface area (Å²) >= 11 is 7.97. The van der Waals surface area contributed by atoms with Crippen molar-refractivity contribution in [1.29, 1.82) is 0 Å². The van der Waals surface area contributed by atoms with Gasteiger partial charge in [-0.2, -0.15) is 0 Å². The molecule has 1 aromatic carbocycles. The highest BCUT2D eigenvalue weighted by Crippen LogP contribution is 2.27. The molecule has 0 aliphatic carbocycles. The minimum Gasteiger partial charge on any atom is -0.144 e. The SMILES string of the molecule is CCC(Cl)Cc1csc2ccccc12. The van der Waals surface area contributed by atoms with Crippen molar-refractivity contribution in [2.24, 2.45) is 0 Å². The number of benzene rings is 1. The van der Waals surface area contributed by atoms with Crippen LogP contribution in [0.1, 0.15) is 18.9 Å². The Morgan fingerprint density at radius 1 is 1.36 bits per heavy atom. The molecule has 0 N–H and O–H groups in total. The maximum Gasteiger partial charge on any atom is 0.0374 e. The molecule has 74 valence electrons. The smallest absolute Gasteiger partial charge is 0.0374 e. The van der Waals surface area contributed by atoms with Gasteiger partial charge < -0.3 is 0 Å². The Morgan fingerprint density at radius 3 is 2.93 bits per heavy atom.